The fourth-order valence-corrected chi connectivity index (χ4v) is 1.49. The number of hydrogen-bond acceptors (Lipinski definition) is 1. The van der Waals surface area contributed by atoms with Crippen LogP contribution in [0.3, 0.4) is 0 Å². The number of hydrogen-bond donors (Lipinski definition) is 2. The van der Waals surface area contributed by atoms with Crippen LogP contribution in [-0.4, -0.2) is 25.0 Å². The third-order valence-corrected chi connectivity index (χ3v) is 2.63. The van der Waals surface area contributed by atoms with Crippen LogP contribution in [0.4, 0.5) is 4.79 Å². The van der Waals surface area contributed by atoms with Crippen molar-refractivity contribution in [1.82, 2.24) is 10.6 Å². The molecule has 1 aliphatic carbocycles. The van der Waals surface area contributed by atoms with Gasteiger partial charge in [0, 0.05) is 19.0 Å². The van der Waals surface area contributed by atoms with Crippen LogP contribution < -0.4 is 10.6 Å². The highest BCUT2D eigenvalue weighted by molar-refractivity contribution is 6.18. The van der Waals surface area contributed by atoms with E-state index in [0.717, 1.165) is 18.9 Å². The smallest absolute Gasteiger partial charge is 0.314 e. The fraction of sp³-hybridized carbons (Fsp3) is 0.889. The van der Waals surface area contributed by atoms with Crippen LogP contribution in [0.1, 0.15) is 25.7 Å². The van der Waals surface area contributed by atoms with E-state index < -0.39 is 0 Å². The maximum Gasteiger partial charge on any atom is 0.314 e. The van der Waals surface area contributed by atoms with E-state index in [-0.39, 0.29) is 6.03 Å². The highest BCUT2D eigenvalue weighted by Gasteiger charge is 2.16. The molecule has 76 valence electrons. The third kappa shape index (κ3) is 4.36. The van der Waals surface area contributed by atoms with E-state index in [9.17, 15) is 4.79 Å². The maximum atomic E-state index is 11.0. The molecular formula is C9H17ClN2O. The van der Waals surface area contributed by atoms with Crippen LogP contribution in [0.5, 0.6) is 0 Å². The topological polar surface area (TPSA) is 41.1 Å². The van der Waals surface area contributed by atoms with E-state index in [1.807, 2.05) is 0 Å². The summed E-state index contributed by atoms with van der Waals surface area (Å²) in [7, 11) is 0. The lowest BCUT2D eigenvalue weighted by molar-refractivity contribution is 0.237. The average molecular weight is 205 g/mol. The lowest BCUT2D eigenvalue weighted by Gasteiger charge is -2.25. The molecule has 1 aliphatic rings. The van der Waals surface area contributed by atoms with Crippen LogP contribution >= 0.6 is 11.6 Å². The van der Waals surface area contributed by atoms with E-state index in [1.165, 1.54) is 19.3 Å². The first-order valence-corrected chi connectivity index (χ1v) is 5.44. The first-order chi connectivity index (χ1) is 6.33. The van der Waals surface area contributed by atoms with Gasteiger partial charge in [0.1, 0.15) is 0 Å². The molecular weight excluding hydrogens is 188 g/mol. The molecule has 0 atom stereocenters. The standard InChI is InChI=1S/C9H17ClN2O/c10-5-7-12-9(13)11-6-4-8-2-1-3-8/h8H,1-7H2,(H2,11,12,13). The molecule has 0 spiro atoms. The van der Waals surface area contributed by atoms with E-state index in [0.29, 0.717) is 12.4 Å². The summed E-state index contributed by atoms with van der Waals surface area (Å²) in [5.74, 6) is 1.32. The Labute approximate surface area is 84.2 Å². The first-order valence-electron chi connectivity index (χ1n) is 4.90. The molecule has 0 aromatic heterocycles. The van der Waals surface area contributed by atoms with Gasteiger partial charge in [-0.1, -0.05) is 19.3 Å². The summed E-state index contributed by atoms with van der Waals surface area (Å²) in [6, 6.07) is -0.0972. The van der Waals surface area contributed by atoms with Crippen molar-refractivity contribution in [1.29, 1.82) is 0 Å². The third-order valence-electron chi connectivity index (χ3n) is 2.44. The van der Waals surface area contributed by atoms with Crippen LogP contribution in [-0.2, 0) is 0 Å². The van der Waals surface area contributed by atoms with Gasteiger partial charge in [-0.25, -0.2) is 4.79 Å². The number of carbonyl (C=O) groups is 1. The Kier molecular flexibility index (Phi) is 4.98. The molecule has 0 aromatic carbocycles. The van der Waals surface area contributed by atoms with Crippen molar-refractivity contribution in [2.75, 3.05) is 19.0 Å². The zero-order valence-corrected chi connectivity index (χ0v) is 8.57. The maximum absolute atomic E-state index is 11.0. The van der Waals surface area contributed by atoms with Gasteiger partial charge < -0.3 is 10.6 Å². The monoisotopic (exact) mass is 204 g/mol. The van der Waals surface area contributed by atoms with Gasteiger partial charge in [-0.2, -0.15) is 0 Å². The number of halogens is 1. The molecule has 0 aliphatic heterocycles. The Balaban J connectivity index is 1.88. The fourth-order valence-electron chi connectivity index (χ4n) is 1.39. The Bertz CT molecular complexity index is 160. The molecule has 0 heterocycles. The second-order valence-corrected chi connectivity index (χ2v) is 3.84. The van der Waals surface area contributed by atoms with Gasteiger partial charge in [-0.3, -0.25) is 0 Å². The summed E-state index contributed by atoms with van der Waals surface area (Å²) in [6.07, 6.45) is 5.16. The van der Waals surface area contributed by atoms with E-state index >= 15 is 0 Å². The molecule has 0 radical (unpaired) electrons. The second kappa shape index (κ2) is 6.08. The normalized spacial score (nSPS) is 16.4. The van der Waals surface area contributed by atoms with Gasteiger partial charge in [-0.15, -0.1) is 11.6 Å². The Morgan fingerprint density at radius 3 is 2.54 bits per heavy atom. The lowest BCUT2D eigenvalue weighted by Crippen LogP contribution is -2.37. The Morgan fingerprint density at radius 1 is 1.31 bits per heavy atom. The van der Waals surface area contributed by atoms with Gasteiger partial charge in [0.05, 0.1) is 0 Å². The summed E-state index contributed by atoms with van der Waals surface area (Å²) in [6.45, 7) is 1.33. The van der Waals surface area contributed by atoms with E-state index in [4.69, 9.17) is 11.6 Å². The second-order valence-electron chi connectivity index (χ2n) is 3.46. The Hall–Kier alpha value is -0.440. The van der Waals surface area contributed by atoms with Crippen LogP contribution in [0.15, 0.2) is 0 Å². The average Bonchev–Trinajstić information content (AvgIpc) is 2.06. The van der Waals surface area contributed by atoms with Crippen molar-refractivity contribution in [2.24, 2.45) is 5.92 Å². The summed E-state index contributed by atoms with van der Waals surface area (Å²) in [4.78, 5) is 11.0. The molecule has 0 unspecified atom stereocenters. The summed E-state index contributed by atoms with van der Waals surface area (Å²) in [5, 5.41) is 5.47. The van der Waals surface area contributed by atoms with Crippen molar-refractivity contribution in [2.45, 2.75) is 25.7 Å². The van der Waals surface area contributed by atoms with Gasteiger partial charge >= 0.3 is 6.03 Å². The number of urea groups is 1. The molecule has 1 fully saturated rings. The number of alkyl halides is 1. The minimum Gasteiger partial charge on any atom is -0.338 e. The van der Waals surface area contributed by atoms with Gasteiger partial charge in [-0.05, 0) is 12.3 Å². The summed E-state index contributed by atoms with van der Waals surface area (Å²) < 4.78 is 0. The minimum absolute atomic E-state index is 0.0972. The molecule has 0 aromatic rings. The highest BCUT2D eigenvalue weighted by atomic mass is 35.5. The number of carbonyl (C=O) groups excluding carboxylic acids is 1. The molecule has 3 nitrogen and oxygen atoms in total. The van der Waals surface area contributed by atoms with Gasteiger partial charge in [0.15, 0.2) is 0 Å². The number of nitrogens with one attached hydrogen (secondary N) is 2. The van der Waals surface area contributed by atoms with Crippen molar-refractivity contribution in [3.63, 3.8) is 0 Å². The van der Waals surface area contributed by atoms with E-state index in [2.05, 4.69) is 10.6 Å². The van der Waals surface area contributed by atoms with Crippen molar-refractivity contribution in [3.8, 4) is 0 Å². The predicted molar refractivity (Wildman–Crippen MR) is 54.1 cm³/mol. The van der Waals surface area contributed by atoms with Crippen molar-refractivity contribution < 1.29 is 4.79 Å². The van der Waals surface area contributed by atoms with Crippen LogP contribution in [0.25, 0.3) is 0 Å². The molecule has 1 rings (SSSR count). The number of rotatable bonds is 5. The molecule has 1 saturated carbocycles. The van der Waals surface area contributed by atoms with Crippen molar-refractivity contribution >= 4 is 17.6 Å². The molecule has 2 amide bonds. The molecule has 13 heavy (non-hydrogen) atoms. The SMILES string of the molecule is O=C(NCCCl)NCCC1CCC1. The van der Waals surface area contributed by atoms with Crippen molar-refractivity contribution in [3.05, 3.63) is 0 Å². The zero-order chi connectivity index (χ0) is 9.52. The Morgan fingerprint density at radius 2 is 2.00 bits per heavy atom. The van der Waals surface area contributed by atoms with Crippen LogP contribution in [0.2, 0.25) is 0 Å². The quantitative estimate of drug-likeness (QED) is 0.658. The zero-order valence-electron chi connectivity index (χ0n) is 7.81. The van der Waals surface area contributed by atoms with Gasteiger partial charge in [0.2, 0.25) is 0 Å². The highest BCUT2D eigenvalue weighted by Crippen LogP contribution is 2.28. The lowest BCUT2D eigenvalue weighted by atomic mass is 9.83. The molecule has 2 N–H and O–H groups in total. The number of amides is 2. The van der Waals surface area contributed by atoms with Gasteiger partial charge in [0.25, 0.3) is 0 Å². The predicted octanol–water partition coefficient (Wildman–Crippen LogP) is 1.71. The van der Waals surface area contributed by atoms with Crippen LogP contribution in [0, 0.1) is 5.92 Å². The summed E-state index contributed by atoms with van der Waals surface area (Å²) in [5.41, 5.74) is 0. The first kappa shape index (κ1) is 10.6. The minimum atomic E-state index is -0.0972. The van der Waals surface area contributed by atoms with E-state index in [1.54, 1.807) is 0 Å². The molecule has 0 bridgehead atoms. The molecule has 0 saturated heterocycles. The largest absolute Gasteiger partial charge is 0.338 e. The molecule has 4 heteroatoms. The summed E-state index contributed by atoms with van der Waals surface area (Å²) >= 11 is 5.42.